The summed E-state index contributed by atoms with van der Waals surface area (Å²) in [6.45, 7) is 5.44. The van der Waals surface area contributed by atoms with Crippen molar-refractivity contribution in [1.82, 2.24) is 5.32 Å². The Labute approximate surface area is 115 Å². The van der Waals surface area contributed by atoms with Gasteiger partial charge in [0.2, 0.25) is 0 Å². The molecule has 0 spiro atoms. The maximum absolute atomic E-state index is 12.1. The molecule has 0 heterocycles. The van der Waals surface area contributed by atoms with Gasteiger partial charge in [0.1, 0.15) is 0 Å². The van der Waals surface area contributed by atoms with Gasteiger partial charge in [0.25, 0.3) is 5.91 Å². The average Bonchev–Trinajstić information content (AvgIpc) is 2.15. The standard InChI is InChI=1S/C12H15BrN2OS/c1-7-6-8(13)4-5-9(7)10(16)15-12(2,3)11(14)17/h4-6H,1-3H3,(H2,14,17)(H,15,16). The Hall–Kier alpha value is -0.940. The summed E-state index contributed by atoms with van der Waals surface area (Å²) in [5, 5.41) is 2.81. The maximum Gasteiger partial charge on any atom is 0.252 e. The second kappa shape index (κ2) is 5.14. The molecule has 0 fully saturated rings. The van der Waals surface area contributed by atoms with Crippen LogP contribution in [0, 0.1) is 6.92 Å². The molecule has 5 heteroatoms. The van der Waals surface area contributed by atoms with Gasteiger partial charge in [0.15, 0.2) is 0 Å². The van der Waals surface area contributed by atoms with E-state index in [9.17, 15) is 4.79 Å². The first-order valence-electron chi connectivity index (χ1n) is 5.12. The largest absolute Gasteiger partial charge is 0.391 e. The second-order valence-corrected chi connectivity index (χ2v) is 5.76. The van der Waals surface area contributed by atoms with E-state index in [2.05, 4.69) is 21.2 Å². The van der Waals surface area contributed by atoms with E-state index in [4.69, 9.17) is 18.0 Å². The van der Waals surface area contributed by atoms with E-state index < -0.39 is 5.54 Å². The van der Waals surface area contributed by atoms with Gasteiger partial charge in [-0.05, 0) is 44.5 Å². The topological polar surface area (TPSA) is 55.1 Å². The molecule has 92 valence electrons. The number of nitrogens with one attached hydrogen (secondary N) is 1. The molecular weight excluding hydrogens is 300 g/mol. The molecule has 0 aliphatic rings. The zero-order valence-corrected chi connectivity index (χ0v) is 12.4. The molecule has 1 rings (SSSR count). The van der Waals surface area contributed by atoms with Crippen molar-refractivity contribution in [2.75, 3.05) is 0 Å². The highest BCUT2D eigenvalue weighted by molar-refractivity contribution is 9.10. The van der Waals surface area contributed by atoms with E-state index in [0.717, 1.165) is 10.0 Å². The van der Waals surface area contributed by atoms with Crippen molar-refractivity contribution in [3.63, 3.8) is 0 Å². The molecule has 0 atom stereocenters. The number of carbonyl (C=O) groups is 1. The summed E-state index contributed by atoms with van der Waals surface area (Å²) in [7, 11) is 0. The Balaban J connectivity index is 2.95. The molecule has 17 heavy (non-hydrogen) atoms. The zero-order chi connectivity index (χ0) is 13.2. The van der Waals surface area contributed by atoms with Gasteiger partial charge in [-0.2, -0.15) is 0 Å². The molecule has 0 aromatic heterocycles. The Morgan fingerprint density at radius 1 is 1.47 bits per heavy atom. The number of thiocarbonyl (C=S) groups is 1. The molecule has 1 aromatic rings. The van der Waals surface area contributed by atoms with Gasteiger partial charge in [-0.3, -0.25) is 4.79 Å². The molecule has 3 N–H and O–H groups in total. The quantitative estimate of drug-likeness (QED) is 0.843. The monoisotopic (exact) mass is 314 g/mol. The third-order valence-electron chi connectivity index (χ3n) is 2.48. The summed E-state index contributed by atoms with van der Waals surface area (Å²) in [4.78, 5) is 12.3. The van der Waals surface area contributed by atoms with E-state index in [-0.39, 0.29) is 10.9 Å². The molecule has 0 unspecified atom stereocenters. The number of aryl methyl sites for hydroxylation is 1. The number of hydrogen-bond donors (Lipinski definition) is 2. The molecule has 1 amide bonds. The van der Waals surface area contributed by atoms with E-state index >= 15 is 0 Å². The zero-order valence-electron chi connectivity index (χ0n) is 10.0. The maximum atomic E-state index is 12.1. The minimum absolute atomic E-state index is 0.173. The Morgan fingerprint density at radius 2 is 2.06 bits per heavy atom. The lowest BCUT2D eigenvalue weighted by Crippen LogP contribution is -2.52. The van der Waals surface area contributed by atoms with Crippen molar-refractivity contribution in [2.24, 2.45) is 5.73 Å². The molecule has 0 aliphatic carbocycles. The van der Waals surface area contributed by atoms with Crippen LogP contribution in [0.1, 0.15) is 29.8 Å². The van der Waals surface area contributed by atoms with Gasteiger partial charge in [-0.1, -0.05) is 28.1 Å². The summed E-state index contributed by atoms with van der Waals surface area (Å²) in [5.74, 6) is -0.173. The van der Waals surface area contributed by atoms with Crippen LogP contribution in [0.15, 0.2) is 22.7 Å². The van der Waals surface area contributed by atoms with Crippen LogP contribution in [0.4, 0.5) is 0 Å². The van der Waals surface area contributed by atoms with Crippen molar-refractivity contribution in [2.45, 2.75) is 26.3 Å². The Bertz CT molecular complexity index is 472. The predicted octanol–water partition coefficient (Wildman–Crippen LogP) is 2.55. The first-order valence-corrected chi connectivity index (χ1v) is 6.33. The number of carbonyl (C=O) groups excluding carboxylic acids is 1. The average molecular weight is 315 g/mol. The molecule has 3 nitrogen and oxygen atoms in total. The van der Waals surface area contributed by atoms with Crippen LogP contribution >= 0.6 is 28.1 Å². The smallest absolute Gasteiger partial charge is 0.252 e. The molecule has 1 aromatic carbocycles. The van der Waals surface area contributed by atoms with Crippen molar-refractivity contribution in [3.05, 3.63) is 33.8 Å². The van der Waals surface area contributed by atoms with Crippen LogP contribution in [0.25, 0.3) is 0 Å². The van der Waals surface area contributed by atoms with Crippen LogP contribution in [-0.2, 0) is 0 Å². The number of hydrogen-bond acceptors (Lipinski definition) is 2. The lowest BCUT2D eigenvalue weighted by Gasteiger charge is -2.25. The molecular formula is C12H15BrN2OS. The van der Waals surface area contributed by atoms with E-state index in [1.54, 1.807) is 19.9 Å². The van der Waals surface area contributed by atoms with Gasteiger partial charge < -0.3 is 11.1 Å². The normalized spacial score (nSPS) is 11.1. The highest BCUT2D eigenvalue weighted by Gasteiger charge is 2.24. The van der Waals surface area contributed by atoms with Crippen molar-refractivity contribution in [1.29, 1.82) is 0 Å². The van der Waals surface area contributed by atoms with Crippen molar-refractivity contribution in [3.8, 4) is 0 Å². The van der Waals surface area contributed by atoms with Gasteiger partial charge >= 0.3 is 0 Å². The lowest BCUT2D eigenvalue weighted by atomic mass is 10.0. The fraction of sp³-hybridized carbons (Fsp3) is 0.333. The number of benzene rings is 1. The highest BCUT2D eigenvalue weighted by Crippen LogP contribution is 2.16. The minimum Gasteiger partial charge on any atom is -0.391 e. The predicted molar refractivity (Wildman–Crippen MR) is 77.2 cm³/mol. The van der Waals surface area contributed by atoms with Crippen molar-refractivity contribution >= 4 is 39.0 Å². The van der Waals surface area contributed by atoms with Crippen LogP contribution in [0.5, 0.6) is 0 Å². The van der Waals surface area contributed by atoms with E-state index in [1.165, 1.54) is 0 Å². The lowest BCUT2D eigenvalue weighted by molar-refractivity contribution is 0.0931. The van der Waals surface area contributed by atoms with E-state index in [1.807, 2.05) is 19.1 Å². The van der Waals surface area contributed by atoms with Crippen LogP contribution < -0.4 is 11.1 Å². The molecule has 0 aliphatic heterocycles. The van der Waals surface area contributed by atoms with Gasteiger partial charge in [-0.15, -0.1) is 0 Å². The summed E-state index contributed by atoms with van der Waals surface area (Å²) >= 11 is 8.27. The van der Waals surface area contributed by atoms with Gasteiger partial charge in [0.05, 0.1) is 10.5 Å². The van der Waals surface area contributed by atoms with Crippen LogP contribution in [0.3, 0.4) is 0 Å². The second-order valence-electron chi connectivity index (χ2n) is 4.40. The summed E-state index contributed by atoms with van der Waals surface area (Å²) in [6.07, 6.45) is 0. The fourth-order valence-corrected chi connectivity index (χ4v) is 1.82. The Morgan fingerprint density at radius 3 is 2.53 bits per heavy atom. The molecule has 0 saturated carbocycles. The van der Waals surface area contributed by atoms with Crippen LogP contribution in [0.2, 0.25) is 0 Å². The first-order chi connectivity index (χ1) is 7.74. The number of amides is 1. The Kier molecular flexibility index (Phi) is 4.27. The van der Waals surface area contributed by atoms with Gasteiger partial charge in [-0.25, -0.2) is 0 Å². The molecule has 0 bridgehead atoms. The number of nitrogens with two attached hydrogens (primary N) is 1. The van der Waals surface area contributed by atoms with Gasteiger partial charge in [0, 0.05) is 10.0 Å². The van der Waals surface area contributed by atoms with E-state index in [0.29, 0.717) is 5.56 Å². The molecule has 0 radical (unpaired) electrons. The third-order valence-corrected chi connectivity index (χ3v) is 3.48. The van der Waals surface area contributed by atoms with Crippen molar-refractivity contribution < 1.29 is 4.79 Å². The SMILES string of the molecule is Cc1cc(Br)ccc1C(=O)NC(C)(C)C(N)=S. The third kappa shape index (κ3) is 3.51. The molecule has 0 saturated heterocycles. The van der Waals surface area contributed by atoms with Crippen LogP contribution in [-0.4, -0.2) is 16.4 Å². The number of rotatable bonds is 3. The summed E-state index contributed by atoms with van der Waals surface area (Å²) < 4.78 is 0.945. The summed E-state index contributed by atoms with van der Waals surface area (Å²) in [6, 6.07) is 5.49. The first kappa shape index (κ1) is 14.1. The summed E-state index contributed by atoms with van der Waals surface area (Å²) in [5.41, 5.74) is 6.40. The minimum atomic E-state index is -0.689. The fourth-order valence-electron chi connectivity index (χ4n) is 1.29. The highest BCUT2D eigenvalue weighted by atomic mass is 79.9. The number of halogens is 1.